The van der Waals surface area contributed by atoms with E-state index in [4.69, 9.17) is 10.2 Å². The van der Waals surface area contributed by atoms with Gasteiger partial charge in [-0.15, -0.1) is 0 Å². The molecule has 5 rings (SSSR count). The van der Waals surface area contributed by atoms with E-state index in [-0.39, 0.29) is 23.0 Å². The maximum Gasteiger partial charge on any atom is 0.289 e. The maximum absolute atomic E-state index is 13.4. The Morgan fingerprint density at radius 3 is 2.27 bits per heavy atom. The molecule has 8 heteroatoms. The number of anilines is 3. The molecule has 2 aliphatic rings. The zero-order chi connectivity index (χ0) is 23.1. The summed E-state index contributed by atoms with van der Waals surface area (Å²) in [5, 5.41) is 3.24. The van der Waals surface area contributed by atoms with Crippen LogP contribution in [0, 0.1) is 0 Å². The Bertz CT molecular complexity index is 1260. The van der Waals surface area contributed by atoms with Crippen LogP contribution in [0.25, 0.3) is 0 Å². The lowest BCUT2D eigenvalue weighted by atomic mass is 9.81. The van der Waals surface area contributed by atoms with Gasteiger partial charge < -0.3 is 25.3 Å². The molecule has 1 aliphatic carbocycles. The molecule has 1 aliphatic heterocycles. The van der Waals surface area contributed by atoms with Crippen molar-refractivity contribution in [3.8, 4) is 0 Å². The summed E-state index contributed by atoms with van der Waals surface area (Å²) in [6.45, 7) is 4.58. The number of hydrogen-bond donors (Lipinski definition) is 2. The van der Waals surface area contributed by atoms with Crippen molar-refractivity contribution in [2.24, 2.45) is 0 Å². The average Bonchev–Trinajstić information content (AvgIpc) is 3.38. The molecule has 0 radical (unpaired) electrons. The first-order chi connectivity index (χ1) is 16.0. The number of ketones is 2. The second-order valence-electron chi connectivity index (χ2n) is 8.10. The van der Waals surface area contributed by atoms with Crippen molar-refractivity contribution in [2.45, 2.75) is 6.92 Å². The lowest BCUT2D eigenvalue weighted by Crippen LogP contribution is -2.49. The first kappa shape index (κ1) is 20.8. The number of nitrogen functional groups attached to an aromatic ring is 1. The van der Waals surface area contributed by atoms with Gasteiger partial charge in [-0.25, -0.2) is 0 Å². The molecule has 1 aromatic heterocycles. The summed E-state index contributed by atoms with van der Waals surface area (Å²) in [5.74, 6) is -0.286. The molecule has 1 amide bonds. The Labute approximate surface area is 191 Å². The molecule has 2 heterocycles. The zero-order valence-electron chi connectivity index (χ0n) is 18.3. The summed E-state index contributed by atoms with van der Waals surface area (Å²) in [6.07, 6.45) is 1.48. The molecule has 168 valence electrons. The van der Waals surface area contributed by atoms with E-state index in [1.165, 1.54) is 6.26 Å². The van der Waals surface area contributed by atoms with Gasteiger partial charge in [-0.05, 0) is 25.1 Å². The fourth-order valence-corrected chi connectivity index (χ4v) is 4.60. The fourth-order valence-electron chi connectivity index (χ4n) is 4.60. The van der Waals surface area contributed by atoms with Gasteiger partial charge in [0.1, 0.15) is 0 Å². The number of carbonyl (C=O) groups is 3. The number of hydrogen-bond acceptors (Lipinski definition) is 7. The van der Waals surface area contributed by atoms with Crippen LogP contribution in [-0.2, 0) is 0 Å². The predicted molar refractivity (Wildman–Crippen MR) is 125 cm³/mol. The normalized spacial score (nSPS) is 15.3. The summed E-state index contributed by atoms with van der Waals surface area (Å²) in [7, 11) is 0. The number of furan rings is 1. The van der Waals surface area contributed by atoms with Crippen LogP contribution in [0.4, 0.5) is 17.1 Å². The number of carbonyl (C=O) groups excluding carboxylic acids is 3. The van der Waals surface area contributed by atoms with Gasteiger partial charge in [0, 0.05) is 49.5 Å². The number of rotatable bonds is 4. The minimum Gasteiger partial charge on any atom is -0.459 e. The van der Waals surface area contributed by atoms with Crippen LogP contribution in [0.3, 0.4) is 0 Å². The van der Waals surface area contributed by atoms with Gasteiger partial charge in [0.05, 0.1) is 28.8 Å². The Hall–Kier alpha value is -4.07. The van der Waals surface area contributed by atoms with Gasteiger partial charge >= 0.3 is 0 Å². The zero-order valence-corrected chi connectivity index (χ0v) is 18.3. The van der Waals surface area contributed by atoms with E-state index in [1.54, 1.807) is 41.3 Å². The quantitative estimate of drug-likeness (QED) is 0.466. The molecular weight excluding hydrogens is 420 g/mol. The van der Waals surface area contributed by atoms with E-state index >= 15 is 0 Å². The second-order valence-corrected chi connectivity index (χ2v) is 8.10. The number of amides is 1. The molecular formula is C25H24N4O4. The van der Waals surface area contributed by atoms with Gasteiger partial charge in [-0.3, -0.25) is 14.4 Å². The Morgan fingerprint density at radius 2 is 1.67 bits per heavy atom. The van der Waals surface area contributed by atoms with Crippen LogP contribution in [0.5, 0.6) is 0 Å². The van der Waals surface area contributed by atoms with E-state index in [1.807, 2.05) is 13.0 Å². The van der Waals surface area contributed by atoms with Crippen molar-refractivity contribution in [1.82, 2.24) is 4.90 Å². The highest BCUT2D eigenvalue weighted by atomic mass is 16.3. The van der Waals surface area contributed by atoms with E-state index in [0.717, 1.165) is 0 Å². The molecule has 0 saturated carbocycles. The number of nitrogens with two attached hydrogens (primary N) is 1. The Balaban J connectivity index is 1.50. The van der Waals surface area contributed by atoms with Crippen molar-refractivity contribution in [1.29, 1.82) is 0 Å². The summed E-state index contributed by atoms with van der Waals surface area (Å²) in [4.78, 5) is 43.1. The molecule has 3 N–H and O–H groups in total. The minimum absolute atomic E-state index is 0.149. The van der Waals surface area contributed by atoms with Gasteiger partial charge in [0.25, 0.3) is 5.91 Å². The lowest BCUT2D eigenvalue weighted by molar-refractivity contribution is 0.0714. The second kappa shape index (κ2) is 8.12. The van der Waals surface area contributed by atoms with Crippen LogP contribution in [0.2, 0.25) is 0 Å². The number of nitrogens with zero attached hydrogens (tertiary/aromatic N) is 2. The maximum atomic E-state index is 13.4. The van der Waals surface area contributed by atoms with Crippen LogP contribution in [-0.4, -0.2) is 55.1 Å². The van der Waals surface area contributed by atoms with Gasteiger partial charge in [-0.1, -0.05) is 24.3 Å². The van der Waals surface area contributed by atoms with Gasteiger partial charge in [0.2, 0.25) is 0 Å². The number of piperazine rings is 1. The van der Waals surface area contributed by atoms with E-state index in [2.05, 4.69) is 10.2 Å². The highest BCUT2D eigenvalue weighted by molar-refractivity contribution is 6.32. The third-order valence-corrected chi connectivity index (χ3v) is 6.22. The Kier molecular flexibility index (Phi) is 5.12. The molecule has 2 aromatic carbocycles. The highest BCUT2D eigenvalue weighted by Crippen LogP contribution is 2.41. The van der Waals surface area contributed by atoms with Crippen molar-refractivity contribution >= 4 is 34.5 Å². The van der Waals surface area contributed by atoms with Gasteiger partial charge in [-0.2, -0.15) is 0 Å². The molecule has 0 unspecified atom stereocenters. The smallest absolute Gasteiger partial charge is 0.289 e. The van der Waals surface area contributed by atoms with Crippen LogP contribution >= 0.6 is 0 Å². The van der Waals surface area contributed by atoms with Crippen molar-refractivity contribution in [2.75, 3.05) is 48.7 Å². The van der Waals surface area contributed by atoms with Crippen LogP contribution < -0.4 is 16.0 Å². The standard InChI is InChI=1S/C25H24N4O4/c1-2-27-17-14-18(28-9-11-29(12-10-28)25(32)19-8-5-13-33-19)22(26)21-20(17)23(30)15-6-3-4-7-16(15)24(21)31/h3-8,13-14,27H,2,9-12,26H2,1H3. The van der Waals surface area contributed by atoms with Crippen LogP contribution in [0.1, 0.15) is 49.3 Å². The molecule has 0 spiro atoms. The molecule has 33 heavy (non-hydrogen) atoms. The molecule has 0 atom stereocenters. The van der Waals surface area contributed by atoms with E-state index in [9.17, 15) is 14.4 Å². The predicted octanol–water partition coefficient (Wildman–Crippen LogP) is 3.03. The van der Waals surface area contributed by atoms with E-state index in [0.29, 0.717) is 72.2 Å². The van der Waals surface area contributed by atoms with Crippen LogP contribution in [0.15, 0.2) is 53.1 Å². The molecule has 1 saturated heterocycles. The third-order valence-electron chi connectivity index (χ3n) is 6.22. The summed E-state index contributed by atoms with van der Waals surface area (Å²) in [6, 6.07) is 12.0. The summed E-state index contributed by atoms with van der Waals surface area (Å²) >= 11 is 0. The van der Waals surface area contributed by atoms with E-state index < -0.39 is 0 Å². The largest absolute Gasteiger partial charge is 0.459 e. The molecule has 3 aromatic rings. The Morgan fingerprint density at radius 1 is 1.00 bits per heavy atom. The fraction of sp³-hybridized carbons (Fsp3) is 0.240. The molecule has 0 bridgehead atoms. The number of benzene rings is 2. The topological polar surface area (TPSA) is 109 Å². The number of fused-ring (bicyclic) bond motifs is 2. The minimum atomic E-state index is -0.245. The van der Waals surface area contributed by atoms with Crippen molar-refractivity contribution in [3.05, 3.63) is 76.7 Å². The molecule has 1 fully saturated rings. The van der Waals surface area contributed by atoms with Crippen molar-refractivity contribution < 1.29 is 18.8 Å². The monoisotopic (exact) mass is 444 g/mol. The lowest BCUT2D eigenvalue weighted by Gasteiger charge is -2.37. The highest BCUT2D eigenvalue weighted by Gasteiger charge is 2.36. The SMILES string of the molecule is CCNc1cc(N2CCN(C(=O)c3ccco3)CC2)c(N)c2c1C(=O)c1ccccc1C2=O. The van der Waals surface area contributed by atoms with Crippen molar-refractivity contribution in [3.63, 3.8) is 0 Å². The van der Waals surface area contributed by atoms with Gasteiger partial charge in [0.15, 0.2) is 17.3 Å². The first-order valence-electron chi connectivity index (χ1n) is 11.0. The summed E-state index contributed by atoms with van der Waals surface area (Å²) < 4.78 is 5.23. The third kappa shape index (κ3) is 3.34. The average molecular weight is 444 g/mol. The summed E-state index contributed by atoms with van der Waals surface area (Å²) in [5.41, 5.74) is 9.47. The number of nitrogens with one attached hydrogen (secondary N) is 1. The first-order valence-corrected chi connectivity index (χ1v) is 11.0. The molecule has 8 nitrogen and oxygen atoms in total.